The lowest BCUT2D eigenvalue weighted by Crippen LogP contribution is -2.20. The minimum Gasteiger partial charge on any atom is -0.394 e. The maximum atomic E-state index is 13.3. The molecule has 2 heterocycles. The van der Waals surface area contributed by atoms with Gasteiger partial charge in [0.05, 0.1) is 23.7 Å². The van der Waals surface area contributed by atoms with Crippen molar-refractivity contribution in [2.24, 2.45) is 10.2 Å². The molecule has 1 saturated heterocycles. The van der Waals surface area contributed by atoms with Gasteiger partial charge in [-0.1, -0.05) is 66.7 Å². The largest absolute Gasteiger partial charge is 0.394 e. The second kappa shape index (κ2) is 9.33. The molecule has 166 valence electrons. The van der Waals surface area contributed by atoms with Gasteiger partial charge in [-0.15, -0.1) is 5.11 Å². The predicted molar refractivity (Wildman–Crippen MR) is 122 cm³/mol. The summed E-state index contributed by atoms with van der Waals surface area (Å²) in [4.78, 5) is 13.3. The molecule has 0 amide bonds. The third-order valence-electron chi connectivity index (χ3n) is 5.37. The first-order valence-electron chi connectivity index (χ1n) is 10.6. The van der Waals surface area contributed by atoms with Crippen LogP contribution >= 0.6 is 0 Å². The summed E-state index contributed by atoms with van der Waals surface area (Å²) in [5.41, 5.74) is 2.18. The Balaban J connectivity index is 1.58. The van der Waals surface area contributed by atoms with Crippen LogP contribution in [0, 0.1) is 0 Å². The lowest BCUT2D eigenvalue weighted by molar-refractivity contribution is -0.0742. The highest BCUT2D eigenvalue weighted by Gasteiger charge is 2.41. The van der Waals surface area contributed by atoms with Crippen molar-refractivity contribution in [2.45, 2.75) is 18.5 Å². The number of nitrogens with zero attached hydrogens (tertiary/aromatic N) is 3. The lowest BCUT2D eigenvalue weighted by atomic mass is 10.1. The van der Waals surface area contributed by atoms with Crippen LogP contribution in [-0.4, -0.2) is 27.6 Å². The number of azo groups is 1. The first kappa shape index (κ1) is 21.0. The molecule has 0 aliphatic carbocycles. The summed E-state index contributed by atoms with van der Waals surface area (Å²) >= 11 is 0. The number of para-hydroxylation sites is 1. The van der Waals surface area contributed by atoms with E-state index in [1.165, 1.54) is 4.68 Å². The Bertz CT molecular complexity index is 1290. The summed E-state index contributed by atoms with van der Waals surface area (Å²) in [6.07, 6.45) is -2.12. The number of hydrogen-bond acceptors (Lipinski definition) is 6. The van der Waals surface area contributed by atoms with Crippen LogP contribution in [0.25, 0.3) is 5.69 Å². The normalized spacial score (nSPS) is 20.5. The Morgan fingerprint density at radius 3 is 2.15 bits per heavy atom. The molecule has 4 aromatic rings. The summed E-state index contributed by atoms with van der Waals surface area (Å²) < 4.78 is 13.5. The van der Waals surface area contributed by atoms with Crippen molar-refractivity contribution in [1.82, 2.24) is 9.78 Å². The highest BCUT2D eigenvalue weighted by molar-refractivity contribution is 5.46. The molecule has 0 bridgehead atoms. The van der Waals surface area contributed by atoms with Crippen molar-refractivity contribution >= 4 is 11.4 Å². The van der Waals surface area contributed by atoms with Gasteiger partial charge in [-0.05, 0) is 24.3 Å². The molecule has 1 aliphatic rings. The van der Waals surface area contributed by atoms with Crippen molar-refractivity contribution in [2.75, 3.05) is 6.61 Å². The second-order valence-corrected chi connectivity index (χ2v) is 7.54. The van der Waals surface area contributed by atoms with Crippen molar-refractivity contribution in [3.8, 4) is 5.69 Å². The van der Waals surface area contributed by atoms with Gasteiger partial charge in [-0.3, -0.25) is 9.89 Å². The van der Waals surface area contributed by atoms with Crippen molar-refractivity contribution in [3.05, 3.63) is 113 Å². The molecule has 8 heteroatoms. The third kappa shape index (κ3) is 4.27. The molecule has 8 nitrogen and oxygen atoms in total. The van der Waals surface area contributed by atoms with E-state index in [9.17, 15) is 9.90 Å². The number of hydrogen-bond donors (Lipinski definition) is 2. The number of H-pyrrole nitrogens is 1. The van der Waals surface area contributed by atoms with E-state index < -0.39 is 18.5 Å². The van der Waals surface area contributed by atoms with Crippen LogP contribution in [0.2, 0.25) is 0 Å². The molecule has 1 aromatic heterocycles. The molecule has 0 spiro atoms. The second-order valence-electron chi connectivity index (χ2n) is 7.54. The Morgan fingerprint density at radius 1 is 0.848 bits per heavy atom. The van der Waals surface area contributed by atoms with Crippen molar-refractivity contribution in [1.29, 1.82) is 0 Å². The van der Waals surface area contributed by atoms with Gasteiger partial charge in [0.1, 0.15) is 12.2 Å². The Hall–Kier alpha value is -3.85. The number of aliphatic hydroxyl groups excluding tert-OH is 1. The summed E-state index contributed by atoms with van der Waals surface area (Å²) in [6, 6.07) is 27.8. The lowest BCUT2D eigenvalue weighted by Gasteiger charge is -2.13. The first-order valence-corrected chi connectivity index (χ1v) is 10.6. The number of ether oxygens (including phenoxy) is 2. The third-order valence-corrected chi connectivity index (χ3v) is 5.37. The maximum absolute atomic E-state index is 13.3. The molecule has 0 saturated carbocycles. The van der Waals surface area contributed by atoms with Crippen LogP contribution in [-0.2, 0) is 9.47 Å². The number of benzene rings is 3. The fourth-order valence-corrected chi connectivity index (χ4v) is 3.74. The standard InChI is InChI=1S/C25H22N4O4/c30-16-20-23(33-25(32-20)17-10-4-1-5-11-17)21-22(27-26-18-12-6-2-7-13-18)24(31)29(28-21)19-14-8-3-9-15-19/h1-15,20,23,25,28,30H,16H2/t20-,23-,25-/m1/s1. The van der Waals surface area contributed by atoms with E-state index in [1.807, 2.05) is 78.9 Å². The number of nitrogens with one attached hydrogen (secondary N) is 1. The number of aromatic amines is 1. The van der Waals surface area contributed by atoms with Crippen LogP contribution in [0.15, 0.2) is 106 Å². The summed E-state index contributed by atoms with van der Waals surface area (Å²) in [7, 11) is 0. The molecule has 33 heavy (non-hydrogen) atoms. The monoisotopic (exact) mass is 442 g/mol. The molecule has 2 N–H and O–H groups in total. The molecule has 1 aliphatic heterocycles. The number of aromatic nitrogens is 2. The molecular weight excluding hydrogens is 420 g/mol. The zero-order chi connectivity index (χ0) is 22.6. The van der Waals surface area contributed by atoms with Crippen LogP contribution < -0.4 is 5.56 Å². The zero-order valence-corrected chi connectivity index (χ0v) is 17.6. The average Bonchev–Trinajstić information content (AvgIpc) is 3.45. The van der Waals surface area contributed by atoms with Crippen LogP contribution in [0.5, 0.6) is 0 Å². The minimum absolute atomic E-state index is 0.100. The summed E-state index contributed by atoms with van der Waals surface area (Å²) in [5.74, 6) is 0. The van der Waals surface area contributed by atoms with E-state index in [0.717, 1.165) is 5.56 Å². The van der Waals surface area contributed by atoms with Crippen LogP contribution in [0.3, 0.4) is 0 Å². The predicted octanol–water partition coefficient (Wildman–Crippen LogP) is 4.73. The summed E-state index contributed by atoms with van der Waals surface area (Å²) in [5, 5.41) is 21.6. The Kier molecular flexibility index (Phi) is 5.95. The minimum atomic E-state index is -0.748. The molecule has 3 aromatic carbocycles. The fraction of sp³-hybridized carbons (Fsp3) is 0.160. The first-order chi connectivity index (χ1) is 16.2. The van der Waals surface area contributed by atoms with Gasteiger partial charge in [-0.25, -0.2) is 4.68 Å². The van der Waals surface area contributed by atoms with Crippen LogP contribution in [0.1, 0.15) is 23.7 Å². The van der Waals surface area contributed by atoms with Crippen LogP contribution in [0.4, 0.5) is 11.4 Å². The van der Waals surface area contributed by atoms with E-state index in [-0.39, 0.29) is 17.9 Å². The van der Waals surface area contributed by atoms with E-state index >= 15 is 0 Å². The molecular formula is C25H22N4O4. The highest BCUT2D eigenvalue weighted by Crippen LogP contribution is 2.41. The van der Waals surface area contributed by atoms with Crippen molar-refractivity contribution in [3.63, 3.8) is 0 Å². The molecule has 0 radical (unpaired) electrons. The Morgan fingerprint density at radius 2 is 1.48 bits per heavy atom. The van der Waals surface area contributed by atoms with Gasteiger partial charge in [0, 0.05) is 5.56 Å². The average molecular weight is 442 g/mol. The molecule has 5 rings (SSSR count). The molecule has 0 unspecified atom stereocenters. The van der Waals surface area contributed by atoms with E-state index in [0.29, 0.717) is 17.1 Å². The fourth-order valence-electron chi connectivity index (χ4n) is 3.74. The number of aliphatic hydroxyl groups is 1. The van der Waals surface area contributed by atoms with Gasteiger partial charge in [-0.2, -0.15) is 5.11 Å². The Labute approximate surface area is 189 Å². The van der Waals surface area contributed by atoms with E-state index in [4.69, 9.17) is 9.47 Å². The topological polar surface area (TPSA) is 101 Å². The number of rotatable bonds is 6. The van der Waals surface area contributed by atoms with Crippen molar-refractivity contribution < 1.29 is 14.6 Å². The summed E-state index contributed by atoms with van der Waals surface area (Å²) in [6.45, 7) is -0.290. The van der Waals surface area contributed by atoms with Gasteiger partial charge in [0.15, 0.2) is 12.0 Å². The van der Waals surface area contributed by atoms with E-state index in [1.54, 1.807) is 12.1 Å². The molecule has 1 fully saturated rings. The quantitative estimate of drug-likeness (QED) is 0.422. The van der Waals surface area contributed by atoms with Gasteiger partial charge in [0.25, 0.3) is 5.56 Å². The van der Waals surface area contributed by atoms with Gasteiger partial charge >= 0.3 is 0 Å². The van der Waals surface area contributed by atoms with Gasteiger partial charge < -0.3 is 14.6 Å². The zero-order valence-electron chi connectivity index (χ0n) is 17.6. The maximum Gasteiger partial charge on any atom is 0.299 e. The van der Waals surface area contributed by atoms with E-state index in [2.05, 4.69) is 15.3 Å². The van der Waals surface area contributed by atoms with Gasteiger partial charge in [0.2, 0.25) is 0 Å². The highest BCUT2D eigenvalue weighted by atomic mass is 16.7. The SMILES string of the molecule is O=c1c(N=Nc2ccccc2)c([C@@H]2O[C@H](c3ccccc3)O[C@@H]2CO)[nH]n1-c1ccccc1. The molecule has 3 atom stereocenters. The smallest absolute Gasteiger partial charge is 0.299 e.